The minimum atomic E-state index is -0.0914. The highest BCUT2D eigenvalue weighted by Gasteiger charge is 2.22. The number of benzene rings is 1. The van der Waals surface area contributed by atoms with E-state index in [2.05, 4.69) is 10.6 Å². The summed E-state index contributed by atoms with van der Waals surface area (Å²) in [6.45, 7) is 2.58. The molecule has 2 N–H and O–H groups in total. The summed E-state index contributed by atoms with van der Waals surface area (Å²) in [7, 11) is 1.96. The van der Waals surface area contributed by atoms with Crippen molar-refractivity contribution in [3.63, 3.8) is 0 Å². The Hall–Kier alpha value is -0.970. The van der Waals surface area contributed by atoms with Gasteiger partial charge in [-0.1, -0.05) is 23.2 Å². The van der Waals surface area contributed by atoms with Crippen molar-refractivity contribution in [2.75, 3.05) is 32.0 Å². The number of nitrogens with one attached hydrogen (secondary N) is 2. The zero-order valence-electron chi connectivity index (χ0n) is 11.5. The molecule has 0 saturated carbocycles. The van der Waals surface area contributed by atoms with Crippen molar-refractivity contribution in [3.8, 4) is 0 Å². The zero-order chi connectivity index (χ0) is 14.5. The van der Waals surface area contributed by atoms with Gasteiger partial charge in [0.25, 0.3) is 0 Å². The molecule has 0 radical (unpaired) electrons. The number of carbonyl (C=O) groups is 1. The van der Waals surface area contributed by atoms with Gasteiger partial charge in [-0.25, -0.2) is 4.79 Å². The number of likely N-dealkylation sites (tertiary alicyclic amines) is 1. The minimum Gasteiger partial charge on any atom is -0.325 e. The number of hydrogen-bond donors (Lipinski definition) is 2. The molecule has 2 amide bonds. The number of hydrogen-bond acceptors (Lipinski definition) is 2. The average molecular weight is 316 g/mol. The summed E-state index contributed by atoms with van der Waals surface area (Å²) < 4.78 is 0. The third-order valence-electron chi connectivity index (χ3n) is 3.51. The topological polar surface area (TPSA) is 44.4 Å². The van der Waals surface area contributed by atoms with Crippen molar-refractivity contribution in [1.29, 1.82) is 0 Å². The lowest BCUT2D eigenvalue weighted by atomic mass is 9.97. The second-order valence-corrected chi connectivity index (χ2v) is 5.95. The van der Waals surface area contributed by atoms with Gasteiger partial charge in [-0.15, -0.1) is 0 Å². The van der Waals surface area contributed by atoms with Crippen LogP contribution in [0.5, 0.6) is 0 Å². The molecule has 0 aromatic heterocycles. The molecule has 1 aliphatic heterocycles. The quantitative estimate of drug-likeness (QED) is 0.897. The molecule has 6 heteroatoms. The molecule has 1 aromatic carbocycles. The Labute approximate surface area is 129 Å². The molecular formula is C14H19Cl2N3O. The van der Waals surface area contributed by atoms with E-state index in [4.69, 9.17) is 23.2 Å². The predicted molar refractivity (Wildman–Crippen MR) is 83.7 cm³/mol. The van der Waals surface area contributed by atoms with Crippen LogP contribution in [0.2, 0.25) is 10.0 Å². The molecule has 0 atom stereocenters. The first kappa shape index (κ1) is 15.4. The van der Waals surface area contributed by atoms with E-state index in [1.54, 1.807) is 18.2 Å². The highest BCUT2D eigenvalue weighted by molar-refractivity contribution is 6.35. The number of carbonyl (C=O) groups excluding carboxylic acids is 1. The molecule has 0 bridgehead atoms. The first-order valence-corrected chi connectivity index (χ1v) is 7.50. The number of nitrogens with zero attached hydrogens (tertiary/aromatic N) is 1. The third kappa shape index (κ3) is 4.27. The normalized spacial score (nSPS) is 16.2. The monoisotopic (exact) mass is 315 g/mol. The molecule has 2 rings (SSSR count). The van der Waals surface area contributed by atoms with E-state index >= 15 is 0 Å². The summed E-state index contributed by atoms with van der Waals surface area (Å²) in [5.74, 6) is 0.657. The van der Waals surface area contributed by atoms with Gasteiger partial charge in [0.2, 0.25) is 0 Å². The average Bonchev–Trinajstić information content (AvgIpc) is 2.38. The Morgan fingerprint density at radius 1 is 1.25 bits per heavy atom. The smallest absolute Gasteiger partial charge is 0.321 e. The number of amides is 2. The van der Waals surface area contributed by atoms with Crippen LogP contribution in [-0.2, 0) is 0 Å². The molecule has 0 unspecified atom stereocenters. The van der Waals surface area contributed by atoms with Gasteiger partial charge < -0.3 is 15.5 Å². The van der Waals surface area contributed by atoms with Gasteiger partial charge in [0.15, 0.2) is 0 Å². The number of halogens is 2. The maximum atomic E-state index is 12.2. The first-order valence-electron chi connectivity index (χ1n) is 6.75. The summed E-state index contributed by atoms with van der Waals surface area (Å²) >= 11 is 11.8. The Kier molecular flexibility index (Phi) is 5.52. The molecule has 1 fully saturated rings. The van der Waals surface area contributed by atoms with E-state index in [1.165, 1.54) is 0 Å². The molecule has 1 aromatic rings. The van der Waals surface area contributed by atoms with Crippen molar-refractivity contribution in [1.82, 2.24) is 10.2 Å². The maximum absolute atomic E-state index is 12.2. The lowest BCUT2D eigenvalue weighted by Crippen LogP contribution is -2.42. The van der Waals surface area contributed by atoms with Crippen LogP contribution >= 0.6 is 23.2 Å². The van der Waals surface area contributed by atoms with Gasteiger partial charge in [0, 0.05) is 28.8 Å². The second-order valence-electron chi connectivity index (χ2n) is 5.08. The summed E-state index contributed by atoms with van der Waals surface area (Å²) in [6.07, 6.45) is 2.06. The predicted octanol–water partition coefficient (Wildman–Crippen LogP) is 3.46. The number of anilines is 1. The van der Waals surface area contributed by atoms with Crippen LogP contribution in [0, 0.1) is 5.92 Å². The van der Waals surface area contributed by atoms with Gasteiger partial charge in [0.05, 0.1) is 0 Å². The Morgan fingerprint density at radius 2 is 1.85 bits per heavy atom. The molecule has 0 aliphatic carbocycles. The van der Waals surface area contributed by atoms with Crippen LogP contribution in [0.15, 0.2) is 18.2 Å². The Balaban J connectivity index is 1.89. The number of rotatable bonds is 3. The van der Waals surface area contributed by atoms with Gasteiger partial charge in [-0.2, -0.15) is 0 Å². The van der Waals surface area contributed by atoms with E-state index in [1.807, 2.05) is 11.9 Å². The largest absolute Gasteiger partial charge is 0.325 e. The lowest BCUT2D eigenvalue weighted by Gasteiger charge is -2.32. The van der Waals surface area contributed by atoms with Crippen molar-refractivity contribution < 1.29 is 4.79 Å². The summed E-state index contributed by atoms with van der Waals surface area (Å²) in [5, 5.41) is 7.06. The number of urea groups is 1. The maximum Gasteiger partial charge on any atom is 0.321 e. The fraction of sp³-hybridized carbons (Fsp3) is 0.500. The SMILES string of the molecule is CNCC1CCN(C(=O)Nc2cc(Cl)cc(Cl)c2)CC1. The van der Waals surface area contributed by atoms with Crippen LogP contribution in [0.3, 0.4) is 0 Å². The van der Waals surface area contributed by atoms with E-state index in [9.17, 15) is 4.79 Å². The molecule has 20 heavy (non-hydrogen) atoms. The molecular weight excluding hydrogens is 297 g/mol. The zero-order valence-corrected chi connectivity index (χ0v) is 13.0. The number of piperidine rings is 1. The van der Waals surface area contributed by atoms with E-state index in [0.29, 0.717) is 21.7 Å². The van der Waals surface area contributed by atoms with Crippen LogP contribution in [0.25, 0.3) is 0 Å². The van der Waals surface area contributed by atoms with Gasteiger partial charge in [-0.3, -0.25) is 0 Å². The highest BCUT2D eigenvalue weighted by atomic mass is 35.5. The molecule has 110 valence electrons. The fourth-order valence-corrected chi connectivity index (χ4v) is 2.98. The van der Waals surface area contributed by atoms with E-state index in [-0.39, 0.29) is 6.03 Å². The van der Waals surface area contributed by atoms with Crippen LogP contribution < -0.4 is 10.6 Å². The van der Waals surface area contributed by atoms with Crippen molar-refractivity contribution in [3.05, 3.63) is 28.2 Å². The molecule has 1 saturated heterocycles. The van der Waals surface area contributed by atoms with Gasteiger partial charge >= 0.3 is 6.03 Å². The first-order chi connectivity index (χ1) is 9.58. The van der Waals surface area contributed by atoms with Crippen molar-refractivity contribution >= 4 is 34.9 Å². The molecule has 0 spiro atoms. The summed E-state index contributed by atoms with van der Waals surface area (Å²) in [5.41, 5.74) is 0.629. The van der Waals surface area contributed by atoms with Crippen LogP contribution in [-0.4, -0.2) is 37.6 Å². The van der Waals surface area contributed by atoms with E-state index < -0.39 is 0 Å². The van der Waals surface area contributed by atoms with Crippen molar-refractivity contribution in [2.24, 2.45) is 5.92 Å². The molecule has 1 heterocycles. The highest BCUT2D eigenvalue weighted by Crippen LogP contribution is 2.23. The van der Waals surface area contributed by atoms with Crippen LogP contribution in [0.4, 0.5) is 10.5 Å². The van der Waals surface area contributed by atoms with Gasteiger partial charge in [-0.05, 0) is 50.6 Å². The third-order valence-corrected chi connectivity index (χ3v) is 3.94. The Morgan fingerprint density at radius 3 is 2.40 bits per heavy atom. The summed E-state index contributed by atoms with van der Waals surface area (Å²) in [6, 6.07) is 4.94. The van der Waals surface area contributed by atoms with Crippen molar-refractivity contribution in [2.45, 2.75) is 12.8 Å². The minimum absolute atomic E-state index is 0.0914. The standard InChI is InChI=1S/C14H19Cl2N3O/c1-17-9-10-2-4-19(5-3-10)14(20)18-13-7-11(15)6-12(16)8-13/h6-8,10,17H,2-5,9H2,1H3,(H,18,20). The Bertz CT molecular complexity index is 453. The fourth-order valence-electron chi connectivity index (χ4n) is 2.46. The second kappa shape index (κ2) is 7.16. The summed E-state index contributed by atoms with van der Waals surface area (Å²) in [4.78, 5) is 14.0. The van der Waals surface area contributed by atoms with E-state index in [0.717, 1.165) is 32.5 Å². The van der Waals surface area contributed by atoms with Crippen LogP contribution in [0.1, 0.15) is 12.8 Å². The molecule has 4 nitrogen and oxygen atoms in total. The van der Waals surface area contributed by atoms with Gasteiger partial charge in [0.1, 0.15) is 0 Å². The molecule has 1 aliphatic rings. The lowest BCUT2D eigenvalue weighted by molar-refractivity contribution is 0.182.